The fraction of sp³-hybridized carbons (Fsp3) is 0.409. The molecule has 1 aromatic heterocycles. The second-order valence-electron chi connectivity index (χ2n) is 8.24. The van der Waals surface area contributed by atoms with Gasteiger partial charge in [0, 0.05) is 30.4 Å². The quantitative estimate of drug-likeness (QED) is 0.755. The molecular weight excluding hydrogens is 370 g/mol. The van der Waals surface area contributed by atoms with Crippen LogP contribution in [-0.2, 0) is 4.74 Å². The van der Waals surface area contributed by atoms with Gasteiger partial charge in [-0.3, -0.25) is 9.59 Å². The Morgan fingerprint density at radius 2 is 2.00 bits per heavy atom. The number of carbonyl (C=O) groups excluding carboxylic acids is 3. The van der Waals surface area contributed by atoms with Crippen molar-refractivity contribution in [1.82, 2.24) is 15.2 Å². The van der Waals surface area contributed by atoms with Crippen molar-refractivity contribution in [3.63, 3.8) is 0 Å². The zero-order chi connectivity index (χ0) is 21.2. The molecule has 2 aromatic rings. The first-order valence-corrected chi connectivity index (χ1v) is 9.72. The summed E-state index contributed by atoms with van der Waals surface area (Å²) >= 11 is 0. The van der Waals surface area contributed by atoms with Crippen LogP contribution in [0.1, 0.15) is 61.0 Å². The van der Waals surface area contributed by atoms with Crippen LogP contribution in [0.25, 0.3) is 11.1 Å². The largest absolute Gasteiger partial charge is 0.444 e. The standard InChI is InChI=1S/C22H27N3O4/c1-14(26)15-6-5-7-16(10-15)17-11-19-20(27)24-12-18(25(19)13-17)8-9-23-21(28)29-22(2,3)4/h5-7,10-11,13,18H,8-9,12H2,1-4H3,(H,23,28)(H,24,27). The molecule has 0 spiro atoms. The lowest BCUT2D eigenvalue weighted by atomic mass is 10.0. The molecule has 7 heteroatoms. The smallest absolute Gasteiger partial charge is 0.407 e. The number of hydrogen-bond acceptors (Lipinski definition) is 4. The predicted molar refractivity (Wildman–Crippen MR) is 110 cm³/mol. The molecule has 1 unspecified atom stereocenters. The molecule has 0 radical (unpaired) electrons. The number of ketones is 1. The molecule has 1 aliphatic rings. The van der Waals surface area contributed by atoms with Gasteiger partial charge in [-0.05, 0) is 51.8 Å². The Hall–Kier alpha value is -3.09. The van der Waals surface area contributed by atoms with Gasteiger partial charge in [-0.25, -0.2) is 4.79 Å². The summed E-state index contributed by atoms with van der Waals surface area (Å²) in [7, 11) is 0. The Morgan fingerprint density at radius 3 is 2.69 bits per heavy atom. The van der Waals surface area contributed by atoms with Gasteiger partial charge in [-0.2, -0.15) is 0 Å². The van der Waals surface area contributed by atoms with Gasteiger partial charge >= 0.3 is 6.09 Å². The Bertz CT molecular complexity index is 940. The molecular formula is C22H27N3O4. The SMILES string of the molecule is CC(=O)c1cccc(-c2cc3n(c2)C(CCNC(=O)OC(C)(C)C)CNC3=O)c1. The highest BCUT2D eigenvalue weighted by atomic mass is 16.6. The topological polar surface area (TPSA) is 89.4 Å². The molecule has 7 nitrogen and oxygen atoms in total. The van der Waals surface area contributed by atoms with E-state index < -0.39 is 11.7 Å². The zero-order valence-electron chi connectivity index (χ0n) is 17.2. The Morgan fingerprint density at radius 1 is 1.24 bits per heavy atom. The molecule has 1 aliphatic heterocycles. The van der Waals surface area contributed by atoms with E-state index >= 15 is 0 Å². The molecule has 3 rings (SSSR count). The number of alkyl carbamates (subject to hydrolysis) is 1. The van der Waals surface area contributed by atoms with Crippen LogP contribution in [-0.4, -0.2) is 41.0 Å². The van der Waals surface area contributed by atoms with Crippen molar-refractivity contribution >= 4 is 17.8 Å². The number of aromatic nitrogens is 1. The molecule has 0 bridgehead atoms. The molecule has 0 saturated carbocycles. The number of fused-ring (bicyclic) bond motifs is 1. The lowest BCUT2D eigenvalue weighted by molar-refractivity contribution is 0.0523. The van der Waals surface area contributed by atoms with Crippen molar-refractivity contribution in [1.29, 1.82) is 0 Å². The molecule has 0 saturated heterocycles. The number of nitrogens with zero attached hydrogens (tertiary/aromatic N) is 1. The molecule has 2 amide bonds. The van der Waals surface area contributed by atoms with E-state index in [-0.39, 0.29) is 17.7 Å². The van der Waals surface area contributed by atoms with Crippen molar-refractivity contribution in [3.05, 3.63) is 47.8 Å². The van der Waals surface area contributed by atoms with E-state index in [1.807, 2.05) is 55.8 Å². The summed E-state index contributed by atoms with van der Waals surface area (Å²) in [6.45, 7) is 7.91. The van der Waals surface area contributed by atoms with E-state index in [1.54, 1.807) is 6.07 Å². The fourth-order valence-corrected chi connectivity index (χ4v) is 3.33. The van der Waals surface area contributed by atoms with Gasteiger partial charge in [0.15, 0.2) is 5.78 Å². The summed E-state index contributed by atoms with van der Waals surface area (Å²) in [5.41, 5.74) is 2.43. The maximum absolute atomic E-state index is 12.3. The first-order chi connectivity index (χ1) is 13.6. The molecule has 2 heterocycles. The number of rotatable bonds is 5. The zero-order valence-corrected chi connectivity index (χ0v) is 17.2. The Labute approximate surface area is 170 Å². The number of carbonyl (C=O) groups is 3. The molecule has 0 fully saturated rings. The van der Waals surface area contributed by atoms with Gasteiger partial charge in [-0.1, -0.05) is 18.2 Å². The summed E-state index contributed by atoms with van der Waals surface area (Å²) < 4.78 is 7.20. The van der Waals surface area contributed by atoms with Crippen LogP contribution < -0.4 is 10.6 Å². The lowest BCUT2D eigenvalue weighted by Crippen LogP contribution is -2.40. The maximum Gasteiger partial charge on any atom is 0.407 e. The highest BCUT2D eigenvalue weighted by Gasteiger charge is 2.26. The van der Waals surface area contributed by atoms with Gasteiger partial charge in [0.2, 0.25) is 0 Å². The van der Waals surface area contributed by atoms with Crippen LogP contribution in [0.3, 0.4) is 0 Å². The van der Waals surface area contributed by atoms with Crippen LogP contribution in [0.4, 0.5) is 4.79 Å². The van der Waals surface area contributed by atoms with E-state index in [2.05, 4.69) is 10.6 Å². The normalized spacial score (nSPS) is 16.0. The van der Waals surface area contributed by atoms with Crippen LogP contribution >= 0.6 is 0 Å². The van der Waals surface area contributed by atoms with Crippen molar-refractivity contribution in [2.24, 2.45) is 0 Å². The third-order valence-electron chi connectivity index (χ3n) is 4.72. The van der Waals surface area contributed by atoms with E-state index in [0.717, 1.165) is 11.1 Å². The molecule has 1 aromatic carbocycles. The third-order valence-corrected chi connectivity index (χ3v) is 4.72. The van der Waals surface area contributed by atoms with Crippen molar-refractivity contribution in [2.45, 2.75) is 45.8 Å². The number of hydrogen-bond donors (Lipinski definition) is 2. The van der Waals surface area contributed by atoms with E-state index in [9.17, 15) is 14.4 Å². The fourth-order valence-electron chi connectivity index (χ4n) is 3.33. The average molecular weight is 397 g/mol. The summed E-state index contributed by atoms with van der Waals surface area (Å²) in [5, 5.41) is 5.66. The molecule has 154 valence electrons. The van der Waals surface area contributed by atoms with Gasteiger partial charge in [0.05, 0.1) is 6.04 Å². The van der Waals surface area contributed by atoms with Gasteiger partial charge in [0.1, 0.15) is 11.3 Å². The number of benzene rings is 1. The minimum atomic E-state index is -0.542. The van der Waals surface area contributed by atoms with Crippen LogP contribution in [0.2, 0.25) is 0 Å². The van der Waals surface area contributed by atoms with Crippen LogP contribution in [0.15, 0.2) is 36.5 Å². The lowest BCUT2D eigenvalue weighted by Gasteiger charge is -2.27. The first kappa shape index (κ1) is 20.6. The molecule has 1 atom stereocenters. The molecule has 29 heavy (non-hydrogen) atoms. The predicted octanol–water partition coefficient (Wildman–Crippen LogP) is 3.56. The summed E-state index contributed by atoms with van der Waals surface area (Å²) in [6.07, 6.45) is 2.13. The van der Waals surface area contributed by atoms with E-state index in [0.29, 0.717) is 30.8 Å². The highest BCUT2D eigenvalue weighted by Crippen LogP contribution is 2.28. The minimum Gasteiger partial charge on any atom is -0.444 e. The molecule has 0 aliphatic carbocycles. The number of ether oxygens (including phenoxy) is 1. The van der Waals surface area contributed by atoms with Crippen molar-refractivity contribution in [2.75, 3.05) is 13.1 Å². The summed E-state index contributed by atoms with van der Waals surface area (Å²) in [6, 6.07) is 9.22. The van der Waals surface area contributed by atoms with Crippen LogP contribution in [0.5, 0.6) is 0 Å². The maximum atomic E-state index is 12.3. The second-order valence-corrected chi connectivity index (χ2v) is 8.24. The average Bonchev–Trinajstić information content (AvgIpc) is 3.09. The number of amides is 2. The van der Waals surface area contributed by atoms with E-state index in [1.165, 1.54) is 6.92 Å². The van der Waals surface area contributed by atoms with Crippen LogP contribution in [0, 0.1) is 0 Å². The van der Waals surface area contributed by atoms with Crippen molar-refractivity contribution in [3.8, 4) is 11.1 Å². The number of Topliss-reactive ketones (excluding diaryl/α,β-unsaturated/α-hetero) is 1. The summed E-state index contributed by atoms with van der Waals surface area (Å²) in [5.74, 6) is -0.130. The van der Waals surface area contributed by atoms with E-state index in [4.69, 9.17) is 4.74 Å². The van der Waals surface area contributed by atoms with Gasteiger partial charge in [0.25, 0.3) is 5.91 Å². The minimum absolute atomic E-state index is 0.000315. The van der Waals surface area contributed by atoms with Crippen molar-refractivity contribution < 1.29 is 19.1 Å². The highest BCUT2D eigenvalue weighted by molar-refractivity contribution is 5.97. The monoisotopic (exact) mass is 397 g/mol. The second kappa shape index (κ2) is 8.11. The number of nitrogens with one attached hydrogen (secondary N) is 2. The Kier molecular flexibility index (Phi) is 5.77. The molecule has 2 N–H and O–H groups in total. The third kappa shape index (κ3) is 5.04. The summed E-state index contributed by atoms with van der Waals surface area (Å²) in [4.78, 5) is 35.8. The first-order valence-electron chi connectivity index (χ1n) is 9.72. The Balaban J connectivity index is 1.74. The van der Waals surface area contributed by atoms with Gasteiger partial charge in [-0.15, -0.1) is 0 Å². The van der Waals surface area contributed by atoms with Gasteiger partial charge < -0.3 is 19.9 Å².